The normalized spacial score (nSPS) is 12.5. The van der Waals surface area contributed by atoms with E-state index in [0.717, 1.165) is 38.5 Å². The number of hydrogen-bond acceptors (Lipinski definition) is 5. The maximum absolute atomic E-state index is 12.5. The number of allylic oxidation sites excluding steroid dienone is 2. The monoisotopic (exact) mass is 1140 g/mol. The Morgan fingerprint density at radius 2 is 0.580 bits per heavy atom. The van der Waals surface area contributed by atoms with E-state index in [-0.39, 0.29) is 18.5 Å². The van der Waals surface area contributed by atoms with Gasteiger partial charge in [0.15, 0.2) is 0 Å². The fourth-order valence-electron chi connectivity index (χ4n) is 12.1. The van der Waals surface area contributed by atoms with Crippen molar-refractivity contribution in [3.63, 3.8) is 0 Å². The minimum Gasteiger partial charge on any atom is -0.466 e. The SMILES string of the molecule is CCCCCCCC/C=C\CCCCCCCCCCCC(=O)OCCCCCCCCCCCCCCCCCCCCCCCCCCCCCCCC(=O)NC(CO)C(O)CCCCCCCCCCCCCCCCCC. The van der Waals surface area contributed by atoms with Crippen molar-refractivity contribution in [2.24, 2.45) is 0 Å². The van der Waals surface area contributed by atoms with Crippen LogP contribution in [-0.2, 0) is 14.3 Å². The molecule has 0 saturated carbocycles. The fourth-order valence-corrected chi connectivity index (χ4v) is 12.1. The third kappa shape index (κ3) is 67.6. The lowest BCUT2D eigenvalue weighted by atomic mass is 10.0. The molecule has 0 aliphatic rings. The molecule has 81 heavy (non-hydrogen) atoms. The largest absolute Gasteiger partial charge is 0.466 e. The molecule has 0 saturated heterocycles. The van der Waals surface area contributed by atoms with Crippen LogP contribution in [-0.4, -0.2) is 47.4 Å². The molecule has 3 N–H and O–H groups in total. The Labute approximate surface area is 508 Å². The zero-order valence-corrected chi connectivity index (χ0v) is 55.3. The quantitative estimate of drug-likeness (QED) is 0.0320. The van der Waals surface area contributed by atoms with Crippen molar-refractivity contribution in [3.05, 3.63) is 12.2 Å². The van der Waals surface area contributed by atoms with Gasteiger partial charge < -0.3 is 20.3 Å². The van der Waals surface area contributed by atoms with Crippen molar-refractivity contribution < 1.29 is 24.5 Å². The summed E-state index contributed by atoms with van der Waals surface area (Å²) in [7, 11) is 0. The van der Waals surface area contributed by atoms with E-state index < -0.39 is 12.1 Å². The second-order valence-electron chi connectivity index (χ2n) is 26.0. The number of aliphatic hydroxyl groups is 2. The van der Waals surface area contributed by atoms with Crippen molar-refractivity contribution in [2.45, 2.75) is 443 Å². The number of unbranched alkanes of at least 4 members (excludes halogenated alkanes) is 58. The van der Waals surface area contributed by atoms with E-state index >= 15 is 0 Å². The molecule has 6 heteroatoms. The number of ether oxygens (including phenoxy) is 1. The summed E-state index contributed by atoms with van der Waals surface area (Å²) < 4.78 is 5.52. The van der Waals surface area contributed by atoms with E-state index in [9.17, 15) is 19.8 Å². The Balaban J connectivity index is 3.31. The van der Waals surface area contributed by atoms with Gasteiger partial charge in [0.05, 0.1) is 25.4 Å². The highest BCUT2D eigenvalue weighted by atomic mass is 16.5. The highest BCUT2D eigenvalue weighted by Gasteiger charge is 2.20. The maximum atomic E-state index is 12.5. The molecule has 482 valence electrons. The predicted octanol–water partition coefficient (Wildman–Crippen LogP) is 24.3. The third-order valence-electron chi connectivity index (χ3n) is 17.8. The number of carbonyl (C=O) groups excluding carboxylic acids is 2. The first-order chi connectivity index (χ1) is 40.0. The molecule has 0 radical (unpaired) electrons. The van der Waals surface area contributed by atoms with Crippen LogP contribution >= 0.6 is 0 Å². The molecular formula is C75H147NO5. The summed E-state index contributed by atoms with van der Waals surface area (Å²) in [6, 6.07) is -0.538. The van der Waals surface area contributed by atoms with Gasteiger partial charge in [-0.25, -0.2) is 0 Å². The molecule has 2 atom stereocenters. The topological polar surface area (TPSA) is 95.9 Å². The van der Waals surface area contributed by atoms with Gasteiger partial charge in [-0.15, -0.1) is 0 Å². The molecule has 0 aromatic heterocycles. The van der Waals surface area contributed by atoms with E-state index in [0.29, 0.717) is 25.9 Å². The summed E-state index contributed by atoms with van der Waals surface area (Å²) in [4.78, 5) is 24.6. The van der Waals surface area contributed by atoms with E-state index in [1.165, 1.54) is 360 Å². The maximum Gasteiger partial charge on any atom is 0.305 e. The molecule has 0 rings (SSSR count). The van der Waals surface area contributed by atoms with E-state index in [1.807, 2.05) is 0 Å². The lowest BCUT2D eigenvalue weighted by Crippen LogP contribution is -2.45. The minimum absolute atomic E-state index is 0.0203. The summed E-state index contributed by atoms with van der Waals surface area (Å²) in [5.74, 6) is -0.00716. The predicted molar refractivity (Wildman–Crippen MR) is 357 cm³/mol. The summed E-state index contributed by atoms with van der Waals surface area (Å²) in [5, 5.41) is 23.4. The first-order valence-corrected chi connectivity index (χ1v) is 37.4. The molecule has 0 spiro atoms. The van der Waals surface area contributed by atoms with Crippen LogP contribution in [0.4, 0.5) is 0 Å². The van der Waals surface area contributed by atoms with Crippen LogP contribution in [0.2, 0.25) is 0 Å². The third-order valence-corrected chi connectivity index (χ3v) is 17.8. The van der Waals surface area contributed by atoms with Crippen molar-refractivity contribution in [1.29, 1.82) is 0 Å². The van der Waals surface area contributed by atoms with Crippen molar-refractivity contribution in [2.75, 3.05) is 13.2 Å². The van der Waals surface area contributed by atoms with Crippen LogP contribution in [0.25, 0.3) is 0 Å². The number of aliphatic hydroxyl groups excluding tert-OH is 2. The smallest absolute Gasteiger partial charge is 0.305 e. The number of nitrogens with one attached hydrogen (secondary N) is 1. The highest BCUT2D eigenvalue weighted by Crippen LogP contribution is 2.20. The van der Waals surface area contributed by atoms with Gasteiger partial charge in [-0.1, -0.05) is 379 Å². The molecule has 0 aliphatic carbocycles. The molecule has 0 aliphatic heterocycles. The second-order valence-corrected chi connectivity index (χ2v) is 26.0. The van der Waals surface area contributed by atoms with Gasteiger partial charge in [0.25, 0.3) is 0 Å². The van der Waals surface area contributed by atoms with Crippen LogP contribution in [0, 0.1) is 0 Å². The summed E-state index contributed by atoms with van der Waals surface area (Å²) in [6.07, 6.45) is 88.5. The van der Waals surface area contributed by atoms with Gasteiger partial charge in [-0.2, -0.15) is 0 Å². The number of rotatable bonds is 71. The Morgan fingerprint density at radius 1 is 0.333 bits per heavy atom. The summed E-state index contributed by atoms with van der Waals surface area (Å²) >= 11 is 0. The number of hydrogen-bond donors (Lipinski definition) is 3. The summed E-state index contributed by atoms with van der Waals surface area (Å²) in [6.45, 7) is 5.00. The zero-order valence-electron chi connectivity index (χ0n) is 55.3. The van der Waals surface area contributed by atoms with Gasteiger partial charge in [0.1, 0.15) is 0 Å². The zero-order chi connectivity index (χ0) is 58.5. The molecule has 0 heterocycles. The van der Waals surface area contributed by atoms with Crippen LogP contribution in [0.1, 0.15) is 431 Å². The van der Waals surface area contributed by atoms with Gasteiger partial charge in [-0.05, 0) is 51.4 Å². The molecular weight excluding hydrogens is 995 g/mol. The molecule has 0 aromatic rings. The van der Waals surface area contributed by atoms with E-state index in [4.69, 9.17) is 4.74 Å². The average Bonchev–Trinajstić information content (AvgIpc) is 3.47. The number of esters is 1. The first kappa shape index (κ1) is 79.6. The van der Waals surface area contributed by atoms with Crippen LogP contribution in [0.3, 0.4) is 0 Å². The van der Waals surface area contributed by atoms with Gasteiger partial charge >= 0.3 is 5.97 Å². The van der Waals surface area contributed by atoms with Crippen LogP contribution < -0.4 is 5.32 Å². The minimum atomic E-state index is -0.661. The molecule has 0 bridgehead atoms. The van der Waals surface area contributed by atoms with Crippen molar-refractivity contribution in [3.8, 4) is 0 Å². The average molecular weight is 1140 g/mol. The van der Waals surface area contributed by atoms with E-state index in [2.05, 4.69) is 31.3 Å². The van der Waals surface area contributed by atoms with Crippen LogP contribution in [0.15, 0.2) is 12.2 Å². The molecule has 6 nitrogen and oxygen atoms in total. The van der Waals surface area contributed by atoms with Gasteiger partial charge in [0.2, 0.25) is 5.91 Å². The van der Waals surface area contributed by atoms with Crippen LogP contribution in [0.5, 0.6) is 0 Å². The number of carbonyl (C=O) groups is 2. The van der Waals surface area contributed by atoms with Gasteiger partial charge in [-0.3, -0.25) is 9.59 Å². The summed E-state index contributed by atoms with van der Waals surface area (Å²) in [5.41, 5.74) is 0. The second kappa shape index (κ2) is 71.1. The Bertz CT molecular complexity index is 1220. The molecule has 1 amide bonds. The van der Waals surface area contributed by atoms with Crippen molar-refractivity contribution in [1.82, 2.24) is 5.32 Å². The van der Waals surface area contributed by atoms with Crippen molar-refractivity contribution >= 4 is 11.9 Å². The fraction of sp³-hybridized carbons (Fsp3) is 0.947. The Morgan fingerprint density at radius 3 is 0.877 bits per heavy atom. The lowest BCUT2D eigenvalue weighted by molar-refractivity contribution is -0.143. The molecule has 0 aromatic carbocycles. The Hall–Kier alpha value is -1.40. The van der Waals surface area contributed by atoms with E-state index in [1.54, 1.807) is 0 Å². The molecule has 0 fully saturated rings. The first-order valence-electron chi connectivity index (χ1n) is 37.4. The van der Waals surface area contributed by atoms with Gasteiger partial charge in [0, 0.05) is 12.8 Å². The molecule has 2 unspecified atom stereocenters. The Kier molecular flexibility index (Phi) is 69.9. The highest BCUT2D eigenvalue weighted by molar-refractivity contribution is 5.76. The lowest BCUT2D eigenvalue weighted by Gasteiger charge is -2.22. The number of amides is 1. The standard InChI is InChI=1S/C75H147NO5/c1-3-5-7-9-11-13-15-17-19-21-33-37-41-45-49-53-57-61-65-69-75(80)81-70-66-62-58-54-50-46-42-38-35-32-30-28-26-24-22-23-25-27-29-31-34-36-40-44-48-52-56-60-64-68-74(79)76-72(71-77)73(78)67-63-59-55-51-47-43-39-20-18-16-14-12-10-8-6-4-2/h17,19,72-73,77-78H,3-16,18,20-71H2,1-2H3,(H,76,79)/b19-17-.